The molecule has 0 fully saturated rings. The molecule has 26 heavy (non-hydrogen) atoms. The fourth-order valence-electron chi connectivity index (χ4n) is 2.42. The number of hydrogen-bond acceptors (Lipinski definition) is 4. The summed E-state index contributed by atoms with van der Waals surface area (Å²) in [5, 5.41) is 2.77. The Bertz CT molecular complexity index is 776. The van der Waals surface area contributed by atoms with Crippen LogP contribution in [0.4, 0.5) is 0 Å². The van der Waals surface area contributed by atoms with Crippen LogP contribution in [-0.2, 0) is 32.5 Å². The highest BCUT2D eigenvalue weighted by molar-refractivity contribution is 7.83. The third kappa shape index (κ3) is 6.44. The zero-order chi connectivity index (χ0) is 18.9. The van der Waals surface area contributed by atoms with Gasteiger partial charge in [-0.25, -0.2) is 4.79 Å². The van der Waals surface area contributed by atoms with Crippen molar-refractivity contribution in [2.45, 2.75) is 25.2 Å². The Hall–Kier alpha value is -2.47. The molecule has 138 valence electrons. The predicted octanol–water partition coefficient (Wildman–Crippen LogP) is 2.47. The average Bonchev–Trinajstić information content (AvgIpc) is 2.62. The van der Waals surface area contributed by atoms with E-state index in [-0.39, 0.29) is 5.91 Å². The van der Waals surface area contributed by atoms with E-state index in [9.17, 15) is 13.8 Å². The molecule has 2 rings (SSSR count). The van der Waals surface area contributed by atoms with Crippen LogP contribution in [0.25, 0.3) is 0 Å². The van der Waals surface area contributed by atoms with Crippen LogP contribution in [0, 0.1) is 0 Å². The van der Waals surface area contributed by atoms with E-state index in [0.717, 1.165) is 11.1 Å². The van der Waals surface area contributed by atoms with E-state index in [4.69, 9.17) is 4.74 Å². The first-order chi connectivity index (χ1) is 12.5. The van der Waals surface area contributed by atoms with Crippen LogP contribution in [0.15, 0.2) is 54.6 Å². The van der Waals surface area contributed by atoms with E-state index < -0.39 is 22.9 Å². The van der Waals surface area contributed by atoms with Crippen LogP contribution < -0.4 is 5.32 Å². The van der Waals surface area contributed by atoms with E-state index in [1.54, 1.807) is 37.4 Å². The first kappa shape index (κ1) is 19.8. The summed E-state index contributed by atoms with van der Waals surface area (Å²) >= 11 is 0. The summed E-state index contributed by atoms with van der Waals surface area (Å²) in [6.45, 7) is 2.02. The highest BCUT2D eigenvalue weighted by Crippen LogP contribution is 2.10. The maximum atomic E-state index is 12.2. The molecule has 0 heterocycles. The number of rotatable bonds is 8. The molecule has 2 aromatic carbocycles. The summed E-state index contributed by atoms with van der Waals surface area (Å²) in [7, 11) is -0.992. The first-order valence-electron chi connectivity index (χ1n) is 8.37. The van der Waals surface area contributed by atoms with Crippen molar-refractivity contribution in [1.29, 1.82) is 0 Å². The normalized spacial score (nSPS) is 12.8. The molecular weight excluding hydrogens is 350 g/mol. The fourth-order valence-corrected chi connectivity index (χ4v) is 3.07. The van der Waals surface area contributed by atoms with Gasteiger partial charge in [0.2, 0.25) is 0 Å². The van der Waals surface area contributed by atoms with Crippen LogP contribution >= 0.6 is 0 Å². The van der Waals surface area contributed by atoms with Gasteiger partial charge in [-0.3, -0.25) is 9.00 Å². The van der Waals surface area contributed by atoms with Gasteiger partial charge in [-0.15, -0.1) is 0 Å². The lowest BCUT2D eigenvalue weighted by atomic mass is 10.1. The summed E-state index contributed by atoms with van der Waals surface area (Å²) in [5.41, 5.74) is 2.26. The highest BCUT2D eigenvalue weighted by Gasteiger charge is 2.18. The summed E-state index contributed by atoms with van der Waals surface area (Å²) in [6, 6.07) is 16.6. The van der Waals surface area contributed by atoms with Gasteiger partial charge in [-0.05, 0) is 36.6 Å². The average molecular weight is 373 g/mol. The lowest BCUT2D eigenvalue weighted by molar-refractivity contribution is -0.129. The Morgan fingerprint density at radius 3 is 2.46 bits per heavy atom. The number of amides is 1. The minimum Gasteiger partial charge on any atom is -0.449 e. The molecule has 1 N–H and O–H groups in total. The number of ether oxygens (including phenoxy) is 1. The molecule has 0 aliphatic rings. The largest absolute Gasteiger partial charge is 0.449 e. The van der Waals surface area contributed by atoms with Crippen molar-refractivity contribution in [3.8, 4) is 0 Å². The Morgan fingerprint density at radius 2 is 1.77 bits per heavy atom. The quantitative estimate of drug-likeness (QED) is 0.722. The van der Waals surface area contributed by atoms with Crippen LogP contribution in [0.5, 0.6) is 0 Å². The summed E-state index contributed by atoms with van der Waals surface area (Å²) in [5.74, 6) is -0.532. The zero-order valence-corrected chi connectivity index (χ0v) is 15.8. The molecule has 0 radical (unpaired) electrons. The molecular formula is C20H23NO4S. The van der Waals surface area contributed by atoms with Crippen molar-refractivity contribution in [3.05, 3.63) is 71.3 Å². The standard InChI is InChI=1S/C20H23NO4S/c1-15(19(22)21-12-11-16-7-4-3-5-8-16)25-20(23)18-10-6-9-17(13-18)14-26(2)24/h3-10,13,15H,11-12,14H2,1-2H3,(H,21,22). The van der Waals surface area contributed by atoms with Crippen LogP contribution in [0.3, 0.4) is 0 Å². The van der Waals surface area contributed by atoms with Crippen LogP contribution in [0.1, 0.15) is 28.4 Å². The second-order valence-electron chi connectivity index (χ2n) is 5.99. The molecule has 0 aromatic heterocycles. The highest BCUT2D eigenvalue weighted by atomic mass is 32.2. The van der Waals surface area contributed by atoms with Gasteiger partial charge >= 0.3 is 5.97 Å². The van der Waals surface area contributed by atoms with Gasteiger partial charge in [0.15, 0.2) is 6.10 Å². The predicted molar refractivity (Wildman–Crippen MR) is 102 cm³/mol. The maximum absolute atomic E-state index is 12.2. The van der Waals surface area contributed by atoms with Gasteiger partial charge in [0.1, 0.15) is 0 Å². The minimum absolute atomic E-state index is 0.333. The Kier molecular flexibility index (Phi) is 7.53. The SMILES string of the molecule is CC(OC(=O)c1cccc(CS(C)=O)c1)C(=O)NCCc1ccccc1. The summed E-state index contributed by atoms with van der Waals surface area (Å²) < 4.78 is 16.5. The van der Waals surface area contributed by atoms with E-state index >= 15 is 0 Å². The van der Waals surface area contributed by atoms with Crippen molar-refractivity contribution in [2.24, 2.45) is 0 Å². The number of carbonyl (C=O) groups excluding carboxylic acids is 2. The number of hydrogen-bond donors (Lipinski definition) is 1. The van der Waals surface area contributed by atoms with Crippen LogP contribution in [0.2, 0.25) is 0 Å². The molecule has 0 spiro atoms. The summed E-state index contributed by atoms with van der Waals surface area (Å²) in [6.07, 6.45) is 1.43. The van der Waals surface area contributed by atoms with E-state index in [1.807, 2.05) is 30.3 Å². The molecule has 2 unspecified atom stereocenters. The molecule has 2 aromatic rings. The van der Waals surface area contributed by atoms with Gasteiger partial charge in [0.05, 0.1) is 5.56 Å². The molecule has 0 aliphatic heterocycles. The van der Waals surface area contributed by atoms with E-state index in [0.29, 0.717) is 24.3 Å². The number of benzene rings is 2. The Morgan fingerprint density at radius 1 is 1.08 bits per heavy atom. The zero-order valence-electron chi connectivity index (χ0n) is 14.9. The molecule has 6 heteroatoms. The second kappa shape index (κ2) is 9.87. The van der Waals surface area contributed by atoms with Crippen molar-refractivity contribution < 1.29 is 18.5 Å². The molecule has 0 saturated carbocycles. The number of carbonyl (C=O) groups is 2. The maximum Gasteiger partial charge on any atom is 0.338 e. The van der Waals surface area contributed by atoms with Crippen molar-refractivity contribution >= 4 is 22.7 Å². The van der Waals surface area contributed by atoms with Crippen molar-refractivity contribution in [1.82, 2.24) is 5.32 Å². The smallest absolute Gasteiger partial charge is 0.338 e. The monoisotopic (exact) mass is 373 g/mol. The Balaban J connectivity index is 1.84. The van der Waals surface area contributed by atoms with Gasteiger partial charge in [0, 0.05) is 29.4 Å². The van der Waals surface area contributed by atoms with Gasteiger partial charge in [-0.1, -0.05) is 42.5 Å². The van der Waals surface area contributed by atoms with Crippen LogP contribution in [-0.4, -0.2) is 35.0 Å². The summed E-state index contributed by atoms with van der Waals surface area (Å²) in [4.78, 5) is 24.3. The second-order valence-corrected chi connectivity index (χ2v) is 7.43. The first-order valence-corrected chi connectivity index (χ1v) is 10.1. The molecule has 1 amide bonds. The van der Waals surface area contributed by atoms with Gasteiger partial charge in [0.25, 0.3) is 5.91 Å². The molecule has 0 aliphatic carbocycles. The lowest BCUT2D eigenvalue weighted by Gasteiger charge is -2.14. The molecule has 0 saturated heterocycles. The third-order valence-electron chi connectivity index (χ3n) is 3.74. The van der Waals surface area contributed by atoms with Gasteiger partial charge < -0.3 is 10.1 Å². The lowest BCUT2D eigenvalue weighted by Crippen LogP contribution is -2.36. The topological polar surface area (TPSA) is 72.5 Å². The Labute approximate surface area is 156 Å². The van der Waals surface area contributed by atoms with Gasteiger partial charge in [-0.2, -0.15) is 0 Å². The third-order valence-corrected chi connectivity index (χ3v) is 4.48. The van der Waals surface area contributed by atoms with Crippen molar-refractivity contribution in [3.63, 3.8) is 0 Å². The number of esters is 1. The molecule has 5 nitrogen and oxygen atoms in total. The fraction of sp³-hybridized carbons (Fsp3) is 0.300. The van der Waals surface area contributed by atoms with E-state index in [1.165, 1.54) is 0 Å². The molecule has 2 atom stereocenters. The van der Waals surface area contributed by atoms with Crippen molar-refractivity contribution in [2.75, 3.05) is 12.8 Å². The van der Waals surface area contributed by atoms with E-state index in [2.05, 4.69) is 5.32 Å². The minimum atomic E-state index is -0.992. The number of nitrogens with one attached hydrogen (secondary N) is 1. The molecule has 0 bridgehead atoms.